The second-order valence-corrected chi connectivity index (χ2v) is 5.58. The topological polar surface area (TPSA) is 92.4 Å². The third-order valence-corrected chi connectivity index (χ3v) is 4.13. The number of benzene rings is 1. The van der Waals surface area contributed by atoms with E-state index in [0.29, 0.717) is 5.02 Å². The molecule has 5 nitrogen and oxygen atoms in total. The normalized spacial score (nSPS) is 16.9. The number of anilines is 1. The molecule has 0 aliphatic heterocycles. The van der Waals surface area contributed by atoms with E-state index in [1.807, 2.05) is 0 Å². The fraction of sp³-hybridized carbons (Fsp3) is 0.429. The SMILES string of the molecule is NCC1(C(=O)Nc2ccc(Cl)cc2C(=O)O)CCCC1. The Morgan fingerprint density at radius 3 is 2.55 bits per heavy atom. The number of carbonyl (C=O) groups is 2. The van der Waals surface area contributed by atoms with Gasteiger partial charge < -0.3 is 16.2 Å². The van der Waals surface area contributed by atoms with E-state index in [2.05, 4.69) is 5.32 Å². The molecule has 6 heteroatoms. The summed E-state index contributed by atoms with van der Waals surface area (Å²) >= 11 is 5.78. The molecule has 0 saturated heterocycles. The van der Waals surface area contributed by atoms with Crippen molar-refractivity contribution in [1.29, 1.82) is 0 Å². The predicted molar refractivity (Wildman–Crippen MR) is 77.0 cm³/mol. The van der Waals surface area contributed by atoms with Crippen molar-refractivity contribution in [1.82, 2.24) is 0 Å². The minimum absolute atomic E-state index is 0.0176. The molecular weight excluding hydrogens is 280 g/mol. The van der Waals surface area contributed by atoms with Crippen LogP contribution in [-0.4, -0.2) is 23.5 Å². The number of rotatable bonds is 4. The van der Waals surface area contributed by atoms with Gasteiger partial charge in [-0.15, -0.1) is 0 Å². The van der Waals surface area contributed by atoms with Crippen molar-refractivity contribution in [3.05, 3.63) is 28.8 Å². The molecule has 20 heavy (non-hydrogen) atoms. The lowest BCUT2D eigenvalue weighted by molar-refractivity contribution is -0.124. The predicted octanol–water partition coefficient (Wildman–Crippen LogP) is 2.50. The maximum atomic E-state index is 12.4. The van der Waals surface area contributed by atoms with Crippen LogP contribution in [0.15, 0.2) is 18.2 Å². The van der Waals surface area contributed by atoms with Gasteiger partial charge >= 0.3 is 5.97 Å². The van der Waals surface area contributed by atoms with Gasteiger partial charge in [-0.2, -0.15) is 0 Å². The van der Waals surface area contributed by atoms with E-state index in [9.17, 15) is 9.59 Å². The molecule has 4 N–H and O–H groups in total. The van der Waals surface area contributed by atoms with Crippen molar-refractivity contribution in [3.63, 3.8) is 0 Å². The van der Waals surface area contributed by atoms with E-state index in [-0.39, 0.29) is 23.7 Å². The number of hydrogen-bond acceptors (Lipinski definition) is 3. The first kappa shape index (κ1) is 14.8. The molecule has 0 radical (unpaired) electrons. The van der Waals surface area contributed by atoms with Gasteiger partial charge in [-0.25, -0.2) is 4.79 Å². The fourth-order valence-electron chi connectivity index (χ4n) is 2.63. The Morgan fingerprint density at radius 1 is 1.35 bits per heavy atom. The van der Waals surface area contributed by atoms with Crippen LogP contribution in [0.1, 0.15) is 36.0 Å². The van der Waals surface area contributed by atoms with Crippen LogP contribution in [0.25, 0.3) is 0 Å². The number of carboxylic acids is 1. The van der Waals surface area contributed by atoms with Crippen LogP contribution in [-0.2, 0) is 4.79 Å². The van der Waals surface area contributed by atoms with Crippen molar-refractivity contribution < 1.29 is 14.7 Å². The van der Waals surface area contributed by atoms with E-state index in [1.54, 1.807) is 6.07 Å². The summed E-state index contributed by atoms with van der Waals surface area (Å²) in [6, 6.07) is 4.37. The summed E-state index contributed by atoms with van der Waals surface area (Å²) in [6.45, 7) is 0.273. The highest BCUT2D eigenvalue weighted by Crippen LogP contribution is 2.38. The number of aromatic carboxylic acids is 1. The summed E-state index contributed by atoms with van der Waals surface area (Å²) in [5.41, 5.74) is 5.41. The molecule has 0 spiro atoms. The zero-order chi connectivity index (χ0) is 14.8. The summed E-state index contributed by atoms with van der Waals surface area (Å²) in [6.07, 6.45) is 3.42. The molecule has 1 aromatic rings. The third-order valence-electron chi connectivity index (χ3n) is 3.89. The van der Waals surface area contributed by atoms with Crippen molar-refractivity contribution in [2.24, 2.45) is 11.1 Å². The van der Waals surface area contributed by atoms with Gasteiger partial charge in [-0.1, -0.05) is 24.4 Å². The Hall–Kier alpha value is -1.59. The molecule has 0 atom stereocenters. The van der Waals surface area contributed by atoms with E-state index >= 15 is 0 Å². The maximum absolute atomic E-state index is 12.4. The number of carbonyl (C=O) groups excluding carboxylic acids is 1. The third kappa shape index (κ3) is 2.78. The number of halogens is 1. The van der Waals surface area contributed by atoms with Gasteiger partial charge in [0.15, 0.2) is 0 Å². The van der Waals surface area contributed by atoms with Crippen molar-refractivity contribution in [2.45, 2.75) is 25.7 Å². The summed E-state index contributed by atoms with van der Waals surface area (Å²) < 4.78 is 0. The minimum atomic E-state index is -1.13. The fourth-order valence-corrected chi connectivity index (χ4v) is 2.81. The Labute approximate surface area is 122 Å². The lowest BCUT2D eigenvalue weighted by Gasteiger charge is -2.26. The highest BCUT2D eigenvalue weighted by molar-refractivity contribution is 6.31. The molecule has 0 heterocycles. The molecular formula is C14H17ClN2O3. The molecule has 108 valence electrons. The molecule has 1 aliphatic carbocycles. The van der Waals surface area contributed by atoms with Crippen LogP contribution in [0.5, 0.6) is 0 Å². The van der Waals surface area contributed by atoms with Crippen molar-refractivity contribution in [2.75, 3.05) is 11.9 Å². The number of nitrogens with two attached hydrogens (primary N) is 1. The largest absolute Gasteiger partial charge is 0.478 e. The Bertz CT molecular complexity index is 539. The zero-order valence-corrected chi connectivity index (χ0v) is 11.7. The van der Waals surface area contributed by atoms with Gasteiger partial charge in [0.1, 0.15) is 0 Å². The lowest BCUT2D eigenvalue weighted by Crippen LogP contribution is -2.40. The summed E-state index contributed by atoms with van der Waals surface area (Å²) in [4.78, 5) is 23.6. The molecule has 0 bridgehead atoms. The highest BCUT2D eigenvalue weighted by atomic mass is 35.5. The van der Waals surface area contributed by atoms with Crippen molar-refractivity contribution in [3.8, 4) is 0 Å². The van der Waals surface area contributed by atoms with Gasteiger partial charge in [0.25, 0.3) is 0 Å². The second kappa shape index (κ2) is 5.81. The number of amides is 1. The highest BCUT2D eigenvalue weighted by Gasteiger charge is 2.40. The van der Waals surface area contributed by atoms with Gasteiger partial charge in [-0.3, -0.25) is 4.79 Å². The molecule has 1 saturated carbocycles. The first-order valence-corrected chi connectivity index (χ1v) is 6.91. The number of hydrogen-bond donors (Lipinski definition) is 3. The van der Waals surface area contributed by atoms with Gasteiger partial charge in [0.2, 0.25) is 5.91 Å². The Kier molecular flexibility index (Phi) is 4.30. The Morgan fingerprint density at radius 2 is 2.00 bits per heavy atom. The van der Waals surface area contributed by atoms with E-state index in [1.165, 1.54) is 12.1 Å². The van der Waals surface area contributed by atoms with Crippen LogP contribution in [0.3, 0.4) is 0 Å². The van der Waals surface area contributed by atoms with Crippen LogP contribution in [0.4, 0.5) is 5.69 Å². The van der Waals surface area contributed by atoms with E-state index in [0.717, 1.165) is 25.7 Å². The van der Waals surface area contributed by atoms with E-state index in [4.69, 9.17) is 22.4 Å². The van der Waals surface area contributed by atoms with Crippen LogP contribution < -0.4 is 11.1 Å². The van der Waals surface area contributed by atoms with Gasteiger partial charge in [0.05, 0.1) is 16.7 Å². The summed E-state index contributed by atoms with van der Waals surface area (Å²) in [5, 5.41) is 12.2. The number of carboxylic acid groups (broad SMARTS) is 1. The molecule has 1 aromatic carbocycles. The first-order valence-electron chi connectivity index (χ1n) is 6.53. The van der Waals surface area contributed by atoms with Gasteiger partial charge in [-0.05, 0) is 31.0 Å². The average molecular weight is 297 g/mol. The van der Waals surface area contributed by atoms with Gasteiger partial charge in [0, 0.05) is 11.6 Å². The minimum Gasteiger partial charge on any atom is -0.478 e. The second-order valence-electron chi connectivity index (χ2n) is 5.14. The molecule has 0 aromatic heterocycles. The van der Waals surface area contributed by atoms with Crippen LogP contribution in [0.2, 0.25) is 5.02 Å². The lowest BCUT2D eigenvalue weighted by atomic mass is 9.85. The zero-order valence-electron chi connectivity index (χ0n) is 11.0. The first-order chi connectivity index (χ1) is 9.48. The standard InChI is InChI=1S/C14H17ClN2O3/c15-9-3-4-11(10(7-9)12(18)19)17-13(20)14(8-16)5-1-2-6-14/h3-4,7H,1-2,5-6,8,16H2,(H,17,20)(H,18,19). The smallest absolute Gasteiger partial charge is 0.337 e. The average Bonchev–Trinajstić information content (AvgIpc) is 2.90. The monoisotopic (exact) mass is 296 g/mol. The maximum Gasteiger partial charge on any atom is 0.337 e. The molecule has 2 rings (SSSR count). The molecule has 1 aliphatic rings. The molecule has 1 fully saturated rings. The summed E-state index contributed by atoms with van der Waals surface area (Å²) in [7, 11) is 0. The summed E-state index contributed by atoms with van der Waals surface area (Å²) in [5.74, 6) is -1.33. The van der Waals surface area contributed by atoms with Crippen molar-refractivity contribution >= 4 is 29.2 Å². The Balaban J connectivity index is 2.25. The number of nitrogens with one attached hydrogen (secondary N) is 1. The van der Waals surface area contributed by atoms with Crippen LogP contribution in [0, 0.1) is 5.41 Å². The van der Waals surface area contributed by atoms with E-state index < -0.39 is 11.4 Å². The molecule has 1 amide bonds. The van der Waals surface area contributed by atoms with Crippen LogP contribution >= 0.6 is 11.6 Å². The quantitative estimate of drug-likeness (QED) is 0.796. The molecule has 0 unspecified atom stereocenters.